The summed E-state index contributed by atoms with van der Waals surface area (Å²) < 4.78 is 0. The number of aryl methyl sites for hydroxylation is 4. The Balaban J connectivity index is 1.92. The van der Waals surface area contributed by atoms with Gasteiger partial charge in [0, 0.05) is 6.61 Å². The van der Waals surface area contributed by atoms with Gasteiger partial charge in [-0.2, -0.15) is 0 Å². The van der Waals surface area contributed by atoms with E-state index in [0.717, 1.165) is 38.5 Å². The van der Waals surface area contributed by atoms with E-state index in [0.29, 0.717) is 0 Å². The number of hydrogen-bond donors (Lipinski definition) is 1. The van der Waals surface area contributed by atoms with E-state index >= 15 is 0 Å². The fourth-order valence-corrected chi connectivity index (χ4v) is 4.07. The van der Waals surface area contributed by atoms with Crippen molar-refractivity contribution < 1.29 is 5.11 Å². The summed E-state index contributed by atoms with van der Waals surface area (Å²) in [5, 5.41) is 9.02. The molecule has 0 saturated carbocycles. The minimum Gasteiger partial charge on any atom is -0.396 e. The van der Waals surface area contributed by atoms with Gasteiger partial charge in [-0.1, -0.05) is 81.4 Å². The van der Waals surface area contributed by atoms with Gasteiger partial charge in [0.15, 0.2) is 0 Å². The largest absolute Gasteiger partial charge is 0.396 e. The van der Waals surface area contributed by atoms with Crippen molar-refractivity contribution in [3.8, 4) is 22.3 Å². The molecule has 0 aliphatic carbocycles. The van der Waals surface area contributed by atoms with Gasteiger partial charge in [0.05, 0.1) is 0 Å². The van der Waals surface area contributed by atoms with E-state index < -0.39 is 0 Å². The van der Waals surface area contributed by atoms with Gasteiger partial charge in [-0.25, -0.2) is 0 Å². The van der Waals surface area contributed by atoms with Crippen LogP contribution in [-0.2, 0) is 25.7 Å². The van der Waals surface area contributed by atoms with Gasteiger partial charge in [0.25, 0.3) is 0 Å². The fraction of sp³-hybridized carbons (Fsp3) is 0.357. The van der Waals surface area contributed by atoms with Crippen molar-refractivity contribution in [1.82, 2.24) is 0 Å². The molecule has 0 spiro atoms. The van der Waals surface area contributed by atoms with Gasteiger partial charge in [-0.05, 0) is 83.0 Å². The van der Waals surface area contributed by atoms with Crippen molar-refractivity contribution >= 4 is 0 Å². The molecule has 3 aromatic carbocycles. The van der Waals surface area contributed by atoms with Crippen molar-refractivity contribution in [3.63, 3.8) is 0 Å². The molecule has 0 aliphatic heterocycles. The van der Waals surface area contributed by atoms with Crippen LogP contribution in [0.3, 0.4) is 0 Å². The average molecular weight is 387 g/mol. The summed E-state index contributed by atoms with van der Waals surface area (Å²) in [7, 11) is 0. The standard InChI is InChI=1S/C28H34O/c1-4-21-10-13-25(14-11-21)27-17-15-26(20-24(27)6-3)28-16-12-22(9-7-8-18-29)19-23(28)5-2/h10-17,19-20,29H,4-9,18H2,1-3H3. The number of rotatable bonds is 9. The van der Waals surface area contributed by atoms with E-state index in [1.807, 2.05) is 0 Å². The third-order valence-electron chi connectivity index (χ3n) is 5.89. The number of benzene rings is 3. The van der Waals surface area contributed by atoms with Gasteiger partial charge >= 0.3 is 0 Å². The molecule has 3 aromatic rings. The van der Waals surface area contributed by atoms with Gasteiger partial charge in [0.1, 0.15) is 0 Å². The van der Waals surface area contributed by atoms with Crippen LogP contribution < -0.4 is 0 Å². The Hall–Kier alpha value is -2.38. The van der Waals surface area contributed by atoms with Crippen LogP contribution in [0.25, 0.3) is 22.3 Å². The minimum absolute atomic E-state index is 0.284. The van der Waals surface area contributed by atoms with Crippen LogP contribution in [0, 0.1) is 0 Å². The third-order valence-corrected chi connectivity index (χ3v) is 5.89. The van der Waals surface area contributed by atoms with E-state index in [-0.39, 0.29) is 6.61 Å². The first-order chi connectivity index (χ1) is 14.2. The number of hydrogen-bond acceptors (Lipinski definition) is 1. The van der Waals surface area contributed by atoms with E-state index in [1.165, 1.54) is 44.5 Å². The van der Waals surface area contributed by atoms with Crippen LogP contribution >= 0.6 is 0 Å². The van der Waals surface area contributed by atoms with E-state index in [9.17, 15) is 0 Å². The summed E-state index contributed by atoms with van der Waals surface area (Å²) in [6.07, 6.45) is 6.11. The van der Waals surface area contributed by atoms with Crippen molar-refractivity contribution in [2.45, 2.75) is 59.3 Å². The molecular formula is C28H34O. The highest BCUT2D eigenvalue weighted by molar-refractivity contribution is 5.75. The molecule has 29 heavy (non-hydrogen) atoms. The highest BCUT2D eigenvalue weighted by Gasteiger charge is 2.10. The topological polar surface area (TPSA) is 20.2 Å². The molecule has 0 atom stereocenters. The van der Waals surface area contributed by atoms with Crippen LogP contribution in [0.15, 0.2) is 60.7 Å². The normalized spacial score (nSPS) is 11.0. The Morgan fingerprint density at radius 2 is 1.17 bits per heavy atom. The lowest BCUT2D eigenvalue weighted by molar-refractivity contribution is 0.284. The lowest BCUT2D eigenvalue weighted by Gasteiger charge is -2.15. The summed E-state index contributed by atoms with van der Waals surface area (Å²) in [5.74, 6) is 0. The predicted molar refractivity (Wildman–Crippen MR) is 125 cm³/mol. The number of aliphatic hydroxyl groups is 1. The van der Waals surface area contributed by atoms with E-state index in [4.69, 9.17) is 5.11 Å². The maximum atomic E-state index is 9.02. The molecule has 0 heterocycles. The molecular weight excluding hydrogens is 352 g/mol. The van der Waals surface area contributed by atoms with Gasteiger partial charge < -0.3 is 5.11 Å². The Kier molecular flexibility index (Phi) is 7.66. The Morgan fingerprint density at radius 3 is 1.83 bits per heavy atom. The smallest absolute Gasteiger partial charge is 0.0431 e. The molecule has 1 heteroatoms. The Bertz CT molecular complexity index is 922. The zero-order valence-corrected chi connectivity index (χ0v) is 18.2. The molecule has 0 bridgehead atoms. The summed E-state index contributed by atoms with van der Waals surface area (Å²) in [5.41, 5.74) is 10.9. The second-order valence-corrected chi connectivity index (χ2v) is 7.80. The zero-order chi connectivity index (χ0) is 20.6. The molecule has 0 aromatic heterocycles. The molecule has 152 valence electrons. The maximum Gasteiger partial charge on any atom is 0.0431 e. The lowest BCUT2D eigenvalue weighted by atomic mass is 9.90. The zero-order valence-electron chi connectivity index (χ0n) is 18.2. The van der Waals surface area contributed by atoms with Gasteiger partial charge in [0.2, 0.25) is 0 Å². The quantitative estimate of drug-likeness (QED) is 0.392. The molecule has 0 amide bonds. The lowest BCUT2D eigenvalue weighted by Crippen LogP contribution is -1.95. The molecule has 1 N–H and O–H groups in total. The molecule has 0 saturated heterocycles. The van der Waals surface area contributed by atoms with Crippen molar-refractivity contribution in [3.05, 3.63) is 82.9 Å². The third kappa shape index (κ3) is 5.16. The first-order valence-electron chi connectivity index (χ1n) is 11.1. The predicted octanol–water partition coefficient (Wildman–Crippen LogP) is 7.02. The summed E-state index contributed by atoms with van der Waals surface area (Å²) in [4.78, 5) is 0. The first-order valence-corrected chi connectivity index (χ1v) is 11.1. The minimum atomic E-state index is 0.284. The number of aliphatic hydroxyl groups excluding tert-OH is 1. The second-order valence-electron chi connectivity index (χ2n) is 7.80. The fourth-order valence-electron chi connectivity index (χ4n) is 4.07. The average Bonchev–Trinajstić information content (AvgIpc) is 2.78. The molecule has 1 nitrogen and oxygen atoms in total. The maximum absolute atomic E-state index is 9.02. The highest BCUT2D eigenvalue weighted by atomic mass is 16.2. The monoisotopic (exact) mass is 386 g/mol. The summed E-state index contributed by atoms with van der Waals surface area (Å²) in [6, 6.07) is 22.9. The van der Waals surface area contributed by atoms with Gasteiger partial charge in [-0.15, -0.1) is 0 Å². The van der Waals surface area contributed by atoms with Crippen LogP contribution in [0.5, 0.6) is 0 Å². The number of unbranched alkanes of at least 4 members (excludes halogenated alkanes) is 1. The first kappa shape index (κ1) is 21.3. The van der Waals surface area contributed by atoms with E-state index in [2.05, 4.69) is 81.4 Å². The van der Waals surface area contributed by atoms with Crippen molar-refractivity contribution in [1.29, 1.82) is 0 Å². The molecule has 0 unspecified atom stereocenters. The highest BCUT2D eigenvalue weighted by Crippen LogP contribution is 2.32. The van der Waals surface area contributed by atoms with Crippen LogP contribution in [0.1, 0.15) is 55.9 Å². The summed E-state index contributed by atoms with van der Waals surface area (Å²) in [6.45, 7) is 6.96. The van der Waals surface area contributed by atoms with Crippen LogP contribution in [0.4, 0.5) is 0 Å². The van der Waals surface area contributed by atoms with Crippen LogP contribution in [-0.4, -0.2) is 11.7 Å². The van der Waals surface area contributed by atoms with E-state index in [1.54, 1.807) is 0 Å². The second kappa shape index (κ2) is 10.4. The van der Waals surface area contributed by atoms with Crippen molar-refractivity contribution in [2.24, 2.45) is 0 Å². The molecule has 0 aliphatic rings. The Morgan fingerprint density at radius 1 is 0.586 bits per heavy atom. The van der Waals surface area contributed by atoms with Gasteiger partial charge in [-0.3, -0.25) is 0 Å². The molecule has 0 radical (unpaired) electrons. The van der Waals surface area contributed by atoms with Crippen molar-refractivity contribution in [2.75, 3.05) is 6.61 Å². The Labute approximate surface area is 176 Å². The molecule has 0 fully saturated rings. The van der Waals surface area contributed by atoms with Crippen LogP contribution in [0.2, 0.25) is 0 Å². The summed E-state index contributed by atoms with van der Waals surface area (Å²) >= 11 is 0. The SMILES string of the molecule is CCc1ccc(-c2ccc(-c3ccc(CCCCO)cc3CC)cc2CC)cc1. The molecule has 3 rings (SSSR count).